The van der Waals surface area contributed by atoms with Crippen molar-refractivity contribution in [1.29, 1.82) is 0 Å². The molecular weight excluding hydrogens is 230 g/mol. The van der Waals surface area contributed by atoms with Gasteiger partial charge in [-0.15, -0.1) is 11.8 Å². The lowest BCUT2D eigenvalue weighted by molar-refractivity contribution is -0.0102. The molecule has 1 N–H and O–H groups in total. The van der Waals surface area contributed by atoms with Crippen molar-refractivity contribution in [3.05, 3.63) is 29.8 Å². The van der Waals surface area contributed by atoms with Crippen LogP contribution in [0.2, 0.25) is 0 Å². The van der Waals surface area contributed by atoms with Crippen LogP contribution < -0.4 is 5.32 Å². The van der Waals surface area contributed by atoms with Gasteiger partial charge in [0, 0.05) is 29.8 Å². The number of hydrogen-bond acceptors (Lipinski definition) is 3. The Morgan fingerprint density at radius 2 is 2.18 bits per heavy atom. The van der Waals surface area contributed by atoms with E-state index in [4.69, 9.17) is 4.74 Å². The third kappa shape index (κ3) is 3.24. The highest BCUT2D eigenvalue weighted by Crippen LogP contribution is 2.37. The van der Waals surface area contributed by atoms with Crippen LogP contribution in [0.3, 0.4) is 0 Å². The van der Waals surface area contributed by atoms with E-state index in [1.165, 1.54) is 10.5 Å². The summed E-state index contributed by atoms with van der Waals surface area (Å²) < 4.78 is 5.71. The summed E-state index contributed by atoms with van der Waals surface area (Å²) in [5.74, 6) is 1.13. The summed E-state index contributed by atoms with van der Waals surface area (Å²) in [6, 6.07) is 9.12. The summed E-state index contributed by atoms with van der Waals surface area (Å²) in [7, 11) is 0. The minimum Gasteiger partial charge on any atom is -0.375 e. The van der Waals surface area contributed by atoms with E-state index in [0.717, 1.165) is 18.9 Å². The van der Waals surface area contributed by atoms with Crippen LogP contribution in [0.5, 0.6) is 0 Å². The quantitative estimate of drug-likeness (QED) is 0.868. The number of rotatable bonds is 5. The molecule has 1 aromatic carbocycles. The monoisotopic (exact) mass is 251 g/mol. The van der Waals surface area contributed by atoms with E-state index in [2.05, 4.69) is 43.4 Å². The van der Waals surface area contributed by atoms with Gasteiger partial charge in [-0.1, -0.05) is 18.2 Å². The summed E-state index contributed by atoms with van der Waals surface area (Å²) in [5, 5.41) is 3.62. The normalized spacial score (nSPS) is 19.4. The molecule has 2 rings (SSSR count). The van der Waals surface area contributed by atoms with Crippen LogP contribution in [-0.4, -0.2) is 24.5 Å². The molecular formula is C14H21NOS. The van der Waals surface area contributed by atoms with E-state index in [-0.39, 0.29) is 5.60 Å². The average molecular weight is 251 g/mol. The van der Waals surface area contributed by atoms with Crippen LogP contribution in [0.15, 0.2) is 29.2 Å². The molecule has 0 aliphatic carbocycles. The Hall–Kier alpha value is -0.510. The summed E-state index contributed by atoms with van der Waals surface area (Å²) >= 11 is 1.94. The van der Waals surface area contributed by atoms with E-state index in [1.54, 1.807) is 0 Å². The van der Waals surface area contributed by atoms with E-state index in [9.17, 15) is 0 Å². The van der Waals surface area contributed by atoms with Crippen molar-refractivity contribution in [3.8, 4) is 0 Å². The molecule has 2 nitrogen and oxygen atoms in total. The van der Waals surface area contributed by atoms with Gasteiger partial charge < -0.3 is 10.1 Å². The molecule has 1 atom stereocenters. The lowest BCUT2D eigenvalue weighted by Gasteiger charge is -2.27. The molecule has 1 heterocycles. The standard InChI is InChI=1S/C14H21NOS/c1-4-16-14(2,3)10-15-12-9-17-13-8-6-5-7-11(12)13/h5-8,12,15H,4,9-10H2,1-3H3. The van der Waals surface area contributed by atoms with E-state index in [0.29, 0.717) is 6.04 Å². The van der Waals surface area contributed by atoms with Gasteiger partial charge in [0.15, 0.2) is 0 Å². The molecule has 17 heavy (non-hydrogen) atoms. The van der Waals surface area contributed by atoms with Gasteiger partial charge >= 0.3 is 0 Å². The maximum Gasteiger partial charge on any atom is 0.0750 e. The van der Waals surface area contributed by atoms with Crippen molar-refractivity contribution in [2.24, 2.45) is 0 Å². The first kappa shape index (κ1) is 12.9. The Morgan fingerprint density at radius 3 is 2.94 bits per heavy atom. The zero-order chi connectivity index (χ0) is 12.3. The molecule has 1 aliphatic rings. The average Bonchev–Trinajstić information content (AvgIpc) is 2.70. The Balaban J connectivity index is 1.94. The Labute approximate surface area is 108 Å². The fourth-order valence-corrected chi connectivity index (χ4v) is 3.34. The Kier molecular flexibility index (Phi) is 4.13. The molecule has 0 amide bonds. The summed E-state index contributed by atoms with van der Waals surface area (Å²) in [5.41, 5.74) is 1.35. The zero-order valence-electron chi connectivity index (χ0n) is 10.8. The molecule has 0 fully saturated rings. The smallest absolute Gasteiger partial charge is 0.0750 e. The van der Waals surface area contributed by atoms with Gasteiger partial charge in [-0.05, 0) is 32.4 Å². The third-order valence-electron chi connectivity index (χ3n) is 3.01. The van der Waals surface area contributed by atoms with Gasteiger partial charge in [-0.25, -0.2) is 0 Å². The highest BCUT2D eigenvalue weighted by molar-refractivity contribution is 7.99. The lowest BCUT2D eigenvalue weighted by atomic mass is 10.1. The minimum atomic E-state index is -0.0864. The second-order valence-electron chi connectivity index (χ2n) is 4.98. The van der Waals surface area contributed by atoms with Crippen molar-refractivity contribution < 1.29 is 4.74 Å². The van der Waals surface area contributed by atoms with Gasteiger partial charge in [-0.3, -0.25) is 0 Å². The summed E-state index contributed by atoms with van der Waals surface area (Å²) in [6.07, 6.45) is 0. The van der Waals surface area contributed by atoms with Crippen molar-refractivity contribution in [2.45, 2.75) is 37.3 Å². The minimum absolute atomic E-state index is 0.0864. The molecule has 1 unspecified atom stereocenters. The van der Waals surface area contributed by atoms with Crippen LogP contribution in [0.1, 0.15) is 32.4 Å². The van der Waals surface area contributed by atoms with E-state index >= 15 is 0 Å². The zero-order valence-corrected chi connectivity index (χ0v) is 11.6. The second kappa shape index (κ2) is 5.42. The molecule has 0 radical (unpaired) electrons. The fraction of sp³-hybridized carbons (Fsp3) is 0.571. The fourth-order valence-electron chi connectivity index (χ4n) is 2.14. The number of ether oxygens (including phenoxy) is 1. The van der Waals surface area contributed by atoms with Gasteiger partial charge in [0.2, 0.25) is 0 Å². The van der Waals surface area contributed by atoms with Gasteiger partial charge in [0.25, 0.3) is 0 Å². The summed E-state index contributed by atoms with van der Waals surface area (Å²) in [4.78, 5) is 1.42. The molecule has 0 bridgehead atoms. The maximum atomic E-state index is 5.71. The number of benzene rings is 1. The Bertz CT molecular complexity index is 378. The molecule has 0 spiro atoms. The van der Waals surface area contributed by atoms with E-state index < -0.39 is 0 Å². The van der Waals surface area contributed by atoms with Crippen LogP contribution in [0.4, 0.5) is 0 Å². The third-order valence-corrected chi connectivity index (χ3v) is 4.19. The van der Waals surface area contributed by atoms with Crippen molar-refractivity contribution in [1.82, 2.24) is 5.32 Å². The van der Waals surface area contributed by atoms with Gasteiger partial charge in [0.05, 0.1) is 5.60 Å². The maximum absolute atomic E-state index is 5.71. The molecule has 94 valence electrons. The Morgan fingerprint density at radius 1 is 1.41 bits per heavy atom. The number of nitrogens with one attached hydrogen (secondary N) is 1. The highest BCUT2D eigenvalue weighted by atomic mass is 32.2. The SMILES string of the molecule is CCOC(C)(C)CNC1CSc2ccccc21. The lowest BCUT2D eigenvalue weighted by Crippen LogP contribution is -2.39. The highest BCUT2D eigenvalue weighted by Gasteiger charge is 2.25. The first-order chi connectivity index (χ1) is 8.12. The second-order valence-corrected chi connectivity index (χ2v) is 6.04. The van der Waals surface area contributed by atoms with Crippen molar-refractivity contribution >= 4 is 11.8 Å². The van der Waals surface area contributed by atoms with Gasteiger partial charge in [-0.2, -0.15) is 0 Å². The topological polar surface area (TPSA) is 21.3 Å². The molecule has 0 aromatic heterocycles. The predicted octanol–water partition coefficient (Wildman–Crippen LogP) is 3.24. The first-order valence-electron chi connectivity index (χ1n) is 6.21. The van der Waals surface area contributed by atoms with Crippen molar-refractivity contribution in [3.63, 3.8) is 0 Å². The molecule has 0 saturated carbocycles. The molecule has 3 heteroatoms. The first-order valence-corrected chi connectivity index (χ1v) is 7.20. The number of thioether (sulfide) groups is 1. The summed E-state index contributed by atoms with van der Waals surface area (Å²) in [6.45, 7) is 7.97. The molecule has 1 aromatic rings. The van der Waals surface area contributed by atoms with Gasteiger partial charge in [0.1, 0.15) is 0 Å². The van der Waals surface area contributed by atoms with Crippen LogP contribution in [-0.2, 0) is 4.74 Å². The van der Waals surface area contributed by atoms with E-state index in [1.807, 2.05) is 18.7 Å². The number of fused-ring (bicyclic) bond motifs is 1. The molecule has 1 aliphatic heterocycles. The number of hydrogen-bond donors (Lipinski definition) is 1. The van der Waals surface area contributed by atoms with Crippen LogP contribution in [0, 0.1) is 0 Å². The van der Waals surface area contributed by atoms with Crippen LogP contribution in [0.25, 0.3) is 0 Å². The molecule has 0 saturated heterocycles. The largest absolute Gasteiger partial charge is 0.375 e. The van der Waals surface area contributed by atoms with Crippen molar-refractivity contribution in [2.75, 3.05) is 18.9 Å². The predicted molar refractivity (Wildman–Crippen MR) is 73.6 cm³/mol. The van der Waals surface area contributed by atoms with Crippen LogP contribution >= 0.6 is 11.8 Å².